The molecule has 0 unspecified atom stereocenters. The Labute approximate surface area is 214 Å². The number of benzene rings is 3. The SMILES string of the molecule is O=c1c(Cc2cccc(OCCCSO)c2)nc2c(Cc3ccccc3)[nH]c(-c3ccccc3)cn1-2. The van der Waals surface area contributed by atoms with E-state index in [0.717, 1.165) is 52.3 Å². The molecule has 0 bridgehead atoms. The molecule has 0 radical (unpaired) electrons. The molecule has 36 heavy (non-hydrogen) atoms. The van der Waals surface area contributed by atoms with Crippen molar-refractivity contribution >= 4 is 12.0 Å². The lowest BCUT2D eigenvalue weighted by Gasteiger charge is -2.13. The van der Waals surface area contributed by atoms with Crippen LogP contribution in [-0.4, -0.2) is 31.4 Å². The number of fused-ring (bicyclic) bond motifs is 1. The van der Waals surface area contributed by atoms with Gasteiger partial charge in [-0.15, -0.1) is 0 Å². The highest BCUT2D eigenvalue weighted by Gasteiger charge is 2.20. The van der Waals surface area contributed by atoms with Gasteiger partial charge in [0.2, 0.25) is 0 Å². The first kappa shape index (κ1) is 23.9. The maximum absolute atomic E-state index is 13.5. The van der Waals surface area contributed by atoms with E-state index >= 15 is 0 Å². The van der Waals surface area contributed by atoms with Crippen molar-refractivity contribution in [3.8, 4) is 22.8 Å². The third-order valence-corrected chi connectivity index (χ3v) is 6.45. The number of rotatable bonds is 10. The molecule has 2 heterocycles. The van der Waals surface area contributed by atoms with Crippen LogP contribution >= 0.6 is 12.0 Å². The molecule has 3 aromatic rings. The summed E-state index contributed by atoms with van der Waals surface area (Å²) in [5, 5.41) is 0. The Balaban J connectivity index is 1.49. The number of imidazole rings is 1. The molecule has 0 aromatic heterocycles. The molecule has 182 valence electrons. The predicted molar refractivity (Wildman–Crippen MR) is 145 cm³/mol. The number of hydrogen-bond acceptors (Lipinski definition) is 5. The maximum Gasteiger partial charge on any atom is 0.278 e. The summed E-state index contributed by atoms with van der Waals surface area (Å²) in [4.78, 5) is 21.8. The zero-order valence-corrected chi connectivity index (χ0v) is 20.6. The Morgan fingerprint density at radius 1 is 0.917 bits per heavy atom. The minimum atomic E-state index is -0.114. The molecular weight excluding hydrogens is 470 g/mol. The second-order valence-electron chi connectivity index (χ2n) is 8.59. The van der Waals surface area contributed by atoms with Crippen LogP contribution in [0.3, 0.4) is 0 Å². The van der Waals surface area contributed by atoms with Gasteiger partial charge in [0.15, 0.2) is 5.82 Å². The van der Waals surface area contributed by atoms with E-state index in [1.165, 1.54) is 0 Å². The van der Waals surface area contributed by atoms with Gasteiger partial charge in [-0.05, 0) is 47.3 Å². The normalized spacial score (nSPS) is 11.1. The van der Waals surface area contributed by atoms with Crippen LogP contribution in [0.4, 0.5) is 0 Å². The van der Waals surface area contributed by atoms with E-state index in [1.54, 1.807) is 4.57 Å². The monoisotopic (exact) mass is 497 g/mol. The lowest BCUT2D eigenvalue weighted by Crippen LogP contribution is -2.17. The summed E-state index contributed by atoms with van der Waals surface area (Å²) < 4.78 is 16.3. The number of H-pyrrole nitrogens is 1. The van der Waals surface area contributed by atoms with E-state index < -0.39 is 0 Å². The predicted octanol–water partition coefficient (Wildman–Crippen LogP) is 5.82. The average Bonchev–Trinajstić information content (AvgIpc) is 3.23. The summed E-state index contributed by atoms with van der Waals surface area (Å²) >= 11 is 0.818. The van der Waals surface area contributed by atoms with E-state index in [1.807, 2.05) is 79.0 Å². The van der Waals surface area contributed by atoms with Crippen molar-refractivity contribution in [1.29, 1.82) is 0 Å². The second kappa shape index (κ2) is 11.3. The first-order valence-corrected chi connectivity index (χ1v) is 12.9. The maximum atomic E-state index is 13.5. The number of aromatic nitrogens is 3. The van der Waals surface area contributed by atoms with Crippen molar-refractivity contribution in [3.63, 3.8) is 0 Å². The summed E-state index contributed by atoms with van der Waals surface area (Å²) in [6.45, 7) is 0.527. The highest BCUT2D eigenvalue weighted by atomic mass is 32.2. The largest absolute Gasteiger partial charge is 0.494 e. The Morgan fingerprint density at radius 3 is 2.44 bits per heavy atom. The first-order chi connectivity index (χ1) is 17.7. The third-order valence-electron chi connectivity index (χ3n) is 5.98. The van der Waals surface area contributed by atoms with Crippen LogP contribution in [0.15, 0.2) is 95.9 Å². The number of aromatic amines is 1. The van der Waals surface area contributed by atoms with Crippen molar-refractivity contribution in [1.82, 2.24) is 14.5 Å². The summed E-state index contributed by atoms with van der Waals surface area (Å²) in [6, 6.07) is 27.9. The van der Waals surface area contributed by atoms with E-state index in [2.05, 4.69) is 17.1 Å². The third kappa shape index (κ3) is 5.53. The molecule has 3 aromatic carbocycles. The topological polar surface area (TPSA) is 80.1 Å². The fraction of sp³-hybridized carbons (Fsp3) is 0.172. The van der Waals surface area contributed by atoms with Crippen molar-refractivity contribution in [2.45, 2.75) is 19.3 Å². The molecule has 5 rings (SSSR count). The van der Waals surface area contributed by atoms with Crippen LogP contribution in [0.1, 0.15) is 28.9 Å². The summed E-state index contributed by atoms with van der Waals surface area (Å²) in [6.07, 6.45) is 3.65. The van der Waals surface area contributed by atoms with Gasteiger partial charge in [0.1, 0.15) is 11.4 Å². The van der Waals surface area contributed by atoms with Gasteiger partial charge in [-0.3, -0.25) is 9.36 Å². The minimum absolute atomic E-state index is 0.114. The standard InChI is InChI=1S/C29H27N3O3S/c33-29-26(19-22-11-7-14-24(17-22)35-15-8-16-36-34)31-28-25(18-21-9-3-1-4-10-21)30-27(20-32(28)29)23-12-5-2-6-13-23/h1-7,9-14,17,20,30,34H,8,15-16,18-19H2. The molecule has 0 saturated carbocycles. The molecule has 0 amide bonds. The van der Waals surface area contributed by atoms with E-state index in [0.29, 0.717) is 36.7 Å². The van der Waals surface area contributed by atoms with Crippen molar-refractivity contribution in [2.75, 3.05) is 12.4 Å². The second-order valence-corrected chi connectivity index (χ2v) is 9.26. The fourth-order valence-corrected chi connectivity index (χ4v) is 4.48. The number of nitrogens with zero attached hydrogens (tertiary/aromatic N) is 2. The molecule has 0 spiro atoms. The highest BCUT2D eigenvalue weighted by Crippen LogP contribution is 2.24. The Kier molecular flexibility index (Phi) is 7.50. The van der Waals surface area contributed by atoms with Gasteiger partial charge in [0.05, 0.1) is 18.0 Å². The zero-order chi connectivity index (χ0) is 24.7. The van der Waals surface area contributed by atoms with E-state index in [9.17, 15) is 4.79 Å². The Hall–Kier alpha value is -3.81. The van der Waals surface area contributed by atoms with Crippen molar-refractivity contribution in [3.05, 3.63) is 124 Å². The van der Waals surface area contributed by atoms with Crippen LogP contribution in [0.25, 0.3) is 17.1 Å². The molecule has 7 heteroatoms. The van der Waals surface area contributed by atoms with E-state index in [-0.39, 0.29) is 5.56 Å². The van der Waals surface area contributed by atoms with Gasteiger partial charge in [-0.1, -0.05) is 72.8 Å². The molecule has 2 N–H and O–H groups in total. The van der Waals surface area contributed by atoms with Gasteiger partial charge in [-0.25, -0.2) is 4.98 Å². The highest BCUT2D eigenvalue weighted by molar-refractivity contribution is 7.93. The Morgan fingerprint density at radius 2 is 1.67 bits per heavy atom. The quantitative estimate of drug-likeness (QED) is 0.188. The average molecular weight is 498 g/mol. The molecule has 0 saturated heterocycles. The van der Waals surface area contributed by atoms with Crippen LogP contribution in [0.2, 0.25) is 0 Å². The van der Waals surface area contributed by atoms with Crippen LogP contribution in [0, 0.1) is 0 Å². The summed E-state index contributed by atoms with van der Waals surface area (Å²) in [7, 11) is 0. The lowest BCUT2D eigenvalue weighted by atomic mass is 10.1. The molecular formula is C29H27N3O3S. The van der Waals surface area contributed by atoms with Gasteiger partial charge < -0.3 is 14.3 Å². The molecule has 0 aliphatic carbocycles. The van der Waals surface area contributed by atoms with Gasteiger partial charge in [0, 0.05) is 24.8 Å². The van der Waals surface area contributed by atoms with E-state index in [4.69, 9.17) is 14.3 Å². The van der Waals surface area contributed by atoms with Gasteiger partial charge in [-0.2, -0.15) is 0 Å². The van der Waals surface area contributed by atoms with Crippen molar-refractivity contribution < 1.29 is 9.29 Å². The van der Waals surface area contributed by atoms with Crippen LogP contribution in [0.5, 0.6) is 5.75 Å². The molecule has 0 fully saturated rings. The first-order valence-electron chi connectivity index (χ1n) is 11.9. The molecule has 2 aliphatic heterocycles. The summed E-state index contributed by atoms with van der Waals surface area (Å²) in [5.74, 6) is 2.02. The van der Waals surface area contributed by atoms with Crippen LogP contribution in [-0.2, 0) is 12.8 Å². The molecule has 6 nitrogen and oxygen atoms in total. The zero-order valence-electron chi connectivity index (χ0n) is 19.8. The van der Waals surface area contributed by atoms with Gasteiger partial charge >= 0.3 is 0 Å². The van der Waals surface area contributed by atoms with Crippen molar-refractivity contribution in [2.24, 2.45) is 0 Å². The molecule has 0 atom stereocenters. The lowest BCUT2D eigenvalue weighted by molar-refractivity contribution is 0.318. The summed E-state index contributed by atoms with van der Waals surface area (Å²) in [5.41, 5.74) is 5.25. The van der Waals surface area contributed by atoms with Gasteiger partial charge in [0.25, 0.3) is 5.56 Å². The number of ether oxygens (including phenoxy) is 1. The number of hydrogen-bond donors (Lipinski definition) is 2. The molecule has 2 aliphatic rings. The fourth-order valence-electron chi connectivity index (χ4n) is 4.23. The van der Waals surface area contributed by atoms with Crippen LogP contribution < -0.4 is 10.3 Å². The Bertz CT molecular complexity index is 1450. The minimum Gasteiger partial charge on any atom is -0.494 e. The smallest absolute Gasteiger partial charge is 0.278 e. The number of nitrogens with one attached hydrogen (secondary N) is 1.